The highest BCUT2D eigenvalue weighted by Crippen LogP contribution is 2.39. The summed E-state index contributed by atoms with van der Waals surface area (Å²) in [5, 5.41) is 4.06. The minimum atomic E-state index is -1.42. The van der Waals surface area contributed by atoms with Crippen LogP contribution in [0.3, 0.4) is 0 Å². The van der Waals surface area contributed by atoms with Crippen molar-refractivity contribution in [3.63, 3.8) is 0 Å². The van der Waals surface area contributed by atoms with Gasteiger partial charge in [-0.2, -0.15) is 0 Å². The molecule has 1 saturated heterocycles. The van der Waals surface area contributed by atoms with Crippen LogP contribution in [-0.4, -0.2) is 30.4 Å². The van der Waals surface area contributed by atoms with Crippen molar-refractivity contribution < 1.29 is 17.6 Å². The van der Waals surface area contributed by atoms with E-state index in [4.69, 9.17) is 11.6 Å². The summed E-state index contributed by atoms with van der Waals surface area (Å²) >= 11 is 7.35. The van der Waals surface area contributed by atoms with Gasteiger partial charge in [0.1, 0.15) is 5.69 Å². The molecule has 0 spiro atoms. The van der Waals surface area contributed by atoms with Crippen molar-refractivity contribution in [2.75, 3.05) is 29.6 Å². The van der Waals surface area contributed by atoms with Gasteiger partial charge in [-0.15, -0.1) is 11.8 Å². The number of nitrogens with one attached hydrogen (secondary N) is 1. The molecule has 0 saturated carbocycles. The monoisotopic (exact) mass is 531 g/mol. The fourth-order valence-electron chi connectivity index (χ4n) is 4.75. The summed E-state index contributed by atoms with van der Waals surface area (Å²) in [4.78, 5) is 5.85. The molecule has 3 nitrogen and oxygen atoms in total. The fourth-order valence-corrected chi connectivity index (χ4v) is 5.54. The first-order valence-corrected chi connectivity index (χ1v) is 12.9. The fraction of sp³-hybridized carbons (Fsp3) is 0.222. The molecule has 1 aliphatic heterocycles. The molecule has 36 heavy (non-hydrogen) atoms. The number of anilines is 2. The average molecular weight is 532 g/mol. The molecule has 0 amide bonds. The number of aryl methyl sites for hydroxylation is 2. The van der Waals surface area contributed by atoms with Crippen LogP contribution in [0.1, 0.15) is 11.1 Å². The van der Waals surface area contributed by atoms with Crippen LogP contribution in [0.5, 0.6) is 0 Å². The second-order valence-electron chi connectivity index (χ2n) is 8.86. The standard InChI is InChI=1S/C27H22ClF4N3S/c1-13-5-4-6-14(2)21(13)16-10-19-17(9-18(16)28)20(7-8-33-19)35-11-15(12-35)34-26-22(29)24(31)27(36-3)25(32)23(26)30/h4-10,15,34H,11-12H2,1-3H3. The maximum atomic E-state index is 14.4. The molecule has 0 aliphatic carbocycles. The Morgan fingerprint density at radius 3 is 2.22 bits per heavy atom. The number of hydrogen-bond donors (Lipinski definition) is 1. The third kappa shape index (κ3) is 4.06. The van der Waals surface area contributed by atoms with E-state index in [-0.39, 0.29) is 0 Å². The van der Waals surface area contributed by atoms with Gasteiger partial charge >= 0.3 is 0 Å². The van der Waals surface area contributed by atoms with E-state index in [2.05, 4.69) is 10.3 Å². The summed E-state index contributed by atoms with van der Waals surface area (Å²) < 4.78 is 57.2. The molecule has 5 rings (SSSR count). The van der Waals surface area contributed by atoms with E-state index in [0.29, 0.717) is 29.9 Å². The summed E-state index contributed by atoms with van der Waals surface area (Å²) in [6.07, 6.45) is 3.06. The second kappa shape index (κ2) is 9.48. The highest BCUT2D eigenvalue weighted by Gasteiger charge is 2.32. The Balaban J connectivity index is 1.42. The largest absolute Gasteiger partial charge is 0.374 e. The van der Waals surface area contributed by atoms with Crippen LogP contribution in [0.2, 0.25) is 5.02 Å². The normalized spacial score (nSPS) is 13.8. The molecule has 4 aromatic rings. The predicted octanol–water partition coefficient (Wildman–Crippen LogP) is 7.75. The first kappa shape index (κ1) is 24.7. The molecular formula is C27H22ClF4N3S. The second-order valence-corrected chi connectivity index (χ2v) is 10.1. The van der Waals surface area contributed by atoms with E-state index in [1.165, 1.54) is 6.26 Å². The van der Waals surface area contributed by atoms with Crippen molar-refractivity contribution in [2.45, 2.75) is 24.8 Å². The Bertz CT molecular complexity index is 1460. The maximum Gasteiger partial charge on any atom is 0.186 e. The lowest BCUT2D eigenvalue weighted by Crippen LogP contribution is -2.55. The number of halogens is 5. The van der Waals surface area contributed by atoms with Gasteiger partial charge in [0.25, 0.3) is 0 Å². The molecule has 0 unspecified atom stereocenters. The van der Waals surface area contributed by atoms with Crippen LogP contribution in [-0.2, 0) is 0 Å². The lowest BCUT2D eigenvalue weighted by atomic mass is 9.94. The van der Waals surface area contributed by atoms with Crippen molar-refractivity contribution in [1.82, 2.24) is 4.98 Å². The van der Waals surface area contributed by atoms with Crippen LogP contribution in [0.25, 0.3) is 22.0 Å². The number of thioether (sulfide) groups is 1. The summed E-state index contributed by atoms with van der Waals surface area (Å²) in [5.74, 6) is -5.63. The summed E-state index contributed by atoms with van der Waals surface area (Å²) in [6, 6.07) is 11.4. The molecule has 186 valence electrons. The molecule has 0 atom stereocenters. The molecule has 1 aliphatic rings. The Morgan fingerprint density at radius 1 is 0.972 bits per heavy atom. The molecule has 1 N–H and O–H groups in total. The van der Waals surface area contributed by atoms with Crippen molar-refractivity contribution in [3.05, 3.63) is 82.0 Å². The molecule has 2 heterocycles. The van der Waals surface area contributed by atoms with Crippen LogP contribution >= 0.6 is 23.4 Å². The number of fused-ring (bicyclic) bond motifs is 1. The van der Waals surface area contributed by atoms with Crippen molar-refractivity contribution in [3.8, 4) is 11.1 Å². The van der Waals surface area contributed by atoms with Crippen LogP contribution in [0.15, 0.2) is 47.5 Å². The summed E-state index contributed by atoms with van der Waals surface area (Å²) in [5.41, 5.74) is 5.04. The maximum absolute atomic E-state index is 14.4. The average Bonchev–Trinajstić information content (AvgIpc) is 2.82. The van der Waals surface area contributed by atoms with Gasteiger partial charge in [0.15, 0.2) is 23.3 Å². The Morgan fingerprint density at radius 2 is 1.61 bits per heavy atom. The molecule has 9 heteroatoms. The Hall–Kier alpha value is -2.97. The minimum absolute atomic E-state index is 0.377. The van der Waals surface area contributed by atoms with E-state index in [1.54, 1.807) is 6.20 Å². The topological polar surface area (TPSA) is 28.2 Å². The third-order valence-electron chi connectivity index (χ3n) is 6.56. The highest BCUT2D eigenvalue weighted by atomic mass is 35.5. The number of rotatable bonds is 5. The van der Waals surface area contributed by atoms with E-state index < -0.39 is 39.9 Å². The van der Waals surface area contributed by atoms with Gasteiger partial charge in [0.2, 0.25) is 0 Å². The number of nitrogens with zero attached hydrogens (tertiary/aromatic N) is 2. The summed E-state index contributed by atoms with van der Waals surface area (Å²) in [6.45, 7) is 4.83. The first-order chi connectivity index (χ1) is 17.2. The van der Waals surface area contributed by atoms with Gasteiger partial charge in [-0.05, 0) is 55.0 Å². The van der Waals surface area contributed by atoms with Gasteiger partial charge in [0, 0.05) is 40.9 Å². The van der Waals surface area contributed by atoms with Crippen molar-refractivity contribution in [2.24, 2.45) is 0 Å². The SMILES string of the molecule is CSc1c(F)c(F)c(NC2CN(c3ccnc4cc(-c5c(C)cccc5C)c(Cl)cc34)C2)c(F)c1F. The molecule has 1 aromatic heterocycles. The lowest BCUT2D eigenvalue weighted by molar-refractivity contribution is 0.426. The number of pyridine rings is 1. The van der Waals surface area contributed by atoms with Crippen molar-refractivity contribution >= 4 is 45.6 Å². The molecule has 1 fully saturated rings. The lowest BCUT2D eigenvalue weighted by Gasteiger charge is -2.42. The number of hydrogen-bond acceptors (Lipinski definition) is 4. The molecule has 0 bridgehead atoms. The van der Waals surface area contributed by atoms with Crippen LogP contribution < -0.4 is 10.2 Å². The van der Waals surface area contributed by atoms with E-state index in [9.17, 15) is 17.6 Å². The molecular weight excluding hydrogens is 510 g/mol. The smallest absolute Gasteiger partial charge is 0.186 e. The van der Waals surface area contributed by atoms with Gasteiger partial charge in [0.05, 0.1) is 16.5 Å². The first-order valence-electron chi connectivity index (χ1n) is 11.3. The predicted molar refractivity (Wildman–Crippen MR) is 139 cm³/mol. The van der Waals surface area contributed by atoms with E-state index in [0.717, 1.165) is 38.8 Å². The number of benzene rings is 3. The summed E-state index contributed by atoms with van der Waals surface area (Å²) in [7, 11) is 0. The Kier molecular flexibility index (Phi) is 6.51. The van der Waals surface area contributed by atoms with Gasteiger partial charge in [-0.3, -0.25) is 4.98 Å². The number of aromatic nitrogens is 1. The minimum Gasteiger partial charge on any atom is -0.374 e. The zero-order valence-electron chi connectivity index (χ0n) is 19.7. The van der Waals surface area contributed by atoms with E-state index >= 15 is 0 Å². The van der Waals surface area contributed by atoms with E-state index in [1.807, 2.05) is 55.1 Å². The highest BCUT2D eigenvalue weighted by molar-refractivity contribution is 7.98. The zero-order valence-corrected chi connectivity index (χ0v) is 21.3. The Labute approximate surface area is 215 Å². The van der Waals surface area contributed by atoms with Gasteiger partial charge < -0.3 is 10.2 Å². The third-order valence-corrected chi connectivity index (χ3v) is 7.64. The van der Waals surface area contributed by atoms with Crippen LogP contribution in [0, 0.1) is 37.1 Å². The van der Waals surface area contributed by atoms with Crippen molar-refractivity contribution in [1.29, 1.82) is 0 Å². The van der Waals surface area contributed by atoms with Crippen LogP contribution in [0.4, 0.5) is 28.9 Å². The quantitative estimate of drug-likeness (QED) is 0.162. The zero-order chi connectivity index (χ0) is 25.7. The van der Waals surface area contributed by atoms with Gasteiger partial charge in [-0.1, -0.05) is 29.8 Å². The molecule has 0 radical (unpaired) electrons. The molecule has 3 aromatic carbocycles. The van der Waals surface area contributed by atoms with Gasteiger partial charge in [-0.25, -0.2) is 17.6 Å².